The van der Waals surface area contributed by atoms with E-state index in [1.807, 2.05) is 6.07 Å². The molecule has 4 nitrogen and oxygen atoms in total. The van der Waals surface area contributed by atoms with Crippen molar-refractivity contribution in [1.82, 2.24) is 0 Å². The largest absolute Gasteiger partial charge is 0.508 e. The lowest BCUT2D eigenvalue weighted by Gasteiger charge is -2.08. The molecule has 0 saturated heterocycles. The zero-order valence-corrected chi connectivity index (χ0v) is 11.0. The van der Waals surface area contributed by atoms with Gasteiger partial charge in [-0.25, -0.2) is 4.79 Å². The van der Waals surface area contributed by atoms with Gasteiger partial charge in [0.15, 0.2) is 0 Å². The number of carbonyl (C=O) groups excluding carboxylic acids is 1. The quantitative estimate of drug-likeness (QED) is 0.557. The third-order valence-corrected chi connectivity index (χ3v) is 3.13. The van der Waals surface area contributed by atoms with Crippen molar-refractivity contribution in [2.24, 2.45) is 0 Å². The Morgan fingerprint density at radius 2 is 1.57 bits per heavy atom. The normalized spacial score (nSPS) is 10.5. The van der Waals surface area contributed by atoms with Crippen LogP contribution in [0.25, 0.3) is 10.8 Å². The minimum atomic E-state index is -0.504. The predicted octanol–water partition coefficient (Wildman–Crippen LogP) is 3.47. The maximum absolute atomic E-state index is 12.1. The molecule has 0 heterocycles. The minimum absolute atomic E-state index is 0.0900. The molecule has 3 aromatic rings. The van der Waals surface area contributed by atoms with Crippen molar-refractivity contribution in [3.8, 4) is 17.2 Å². The number of aromatic hydroxyl groups is 2. The summed E-state index contributed by atoms with van der Waals surface area (Å²) in [6.07, 6.45) is 0. The van der Waals surface area contributed by atoms with Crippen molar-refractivity contribution in [2.75, 3.05) is 0 Å². The molecule has 0 bridgehead atoms. The molecule has 4 heteroatoms. The highest BCUT2D eigenvalue weighted by Gasteiger charge is 2.11. The molecule has 3 aromatic carbocycles. The smallest absolute Gasteiger partial charge is 0.343 e. The number of benzene rings is 3. The highest BCUT2D eigenvalue weighted by Crippen LogP contribution is 2.29. The highest BCUT2D eigenvalue weighted by molar-refractivity contribution is 5.95. The van der Waals surface area contributed by atoms with E-state index in [4.69, 9.17) is 4.74 Å². The average Bonchev–Trinajstić information content (AvgIpc) is 2.47. The molecule has 21 heavy (non-hydrogen) atoms. The second-order valence-electron chi connectivity index (χ2n) is 4.60. The Balaban J connectivity index is 1.94. The molecule has 0 spiro atoms. The van der Waals surface area contributed by atoms with Gasteiger partial charge in [-0.15, -0.1) is 0 Å². The first-order valence-electron chi connectivity index (χ1n) is 6.36. The molecule has 3 rings (SSSR count). The number of hydrogen-bond acceptors (Lipinski definition) is 4. The van der Waals surface area contributed by atoms with Crippen LogP contribution in [0.2, 0.25) is 0 Å². The monoisotopic (exact) mass is 280 g/mol. The van der Waals surface area contributed by atoms with Gasteiger partial charge in [0, 0.05) is 5.39 Å². The first kappa shape index (κ1) is 13.0. The first-order chi connectivity index (χ1) is 10.1. The Hall–Kier alpha value is -3.01. The van der Waals surface area contributed by atoms with E-state index in [-0.39, 0.29) is 11.5 Å². The van der Waals surface area contributed by atoms with Gasteiger partial charge in [-0.2, -0.15) is 0 Å². The van der Waals surface area contributed by atoms with Crippen molar-refractivity contribution in [2.45, 2.75) is 0 Å². The zero-order valence-electron chi connectivity index (χ0n) is 11.0. The Bertz CT molecular complexity index is 807. The zero-order chi connectivity index (χ0) is 14.8. The van der Waals surface area contributed by atoms with Crippen LogP contribution in [0, 0.1) is 0 Å². The molecular formula is C17H12O4. The predicted molar refractivity (Wildman–Crippen MR) is 78.7 cm³/mol. The number of esters is 1. The first-order valence-corrected chi connectivity index (χ1v) is 6.36. The summed E-state index contributed by atoms with van der Waals surface area (Å²) in [5, 5.41) is 20.2. The molecule has 0 aliphatic heterocycles. The van der Waals surface area contributed by atoms with Crippen LogP contribution >= 0.6 is 0 Å². The molecule has 0 atom stereocenters. The van der Waals surface area contributed by atoms with Crippen molar-refractivity contribution in [3.05, 3.63) is 66.2 Å². The number of rotatable bonds is 2. The van der Waals surface area contributed by atoms with Gasteiger partial charge in [-0.1, -0.05) is 12.1 Å². The molecule has 0 radical (unpaired) electrons. The molecule has 0 unspecified atom stereocenters. The molecule has 2 N–H and O–H groups in total. The van der Waals surface area contributed by atoms with E-state index < -0.39 is 5.97 Å². The number of phenols is 2. The van der Waals surface area contributed by atoms with Gasteiger partial charge in [-0.3, -0.25) is 0 Å². The molecule has 0 saturated carbocycles. The number of ether oxygens (including phenoxy) is 1. The van der Waals surface area contributed by atoms with Crippen molar-refractivity contribution in [3.63, 3.8) is 0 Å². The second kappa shape index (κ2) is 5.17. The maximum atomic E-state index is 12.1. The van der Waals surface area contributed by atoms with E-state index in [9.17, 15) is 15.0 Å². The second-order valence-corrected chi connectivity index (χ2v) is 4.60. The van der Waals surface area contributed by atoms with E-state index in [2.05, 4.69) is 0 Å². The summed E-state index contributed by atoms with van der Waals surface area (Å²) in [7, 11) is 0. The van der Waals surface area contributed by atoms with Crippen LogP contribution in [0.5, 0.6) is 17.2 Å². The summed E-state index contributed by atoms with van der Waals surface area (Å²) in [6, 6.07) is 16.0. The van der Waals surface area contributed by atoms with Gasteiger partial charge in [0.25, 0.3) is 0 Å². The molecule has 0 amide bonds. The van der Waals surface area contributed by atoms with E-state index in [1.54, 1.807) is 30.3 Å². The molecular weight excluding hydrogens is 268 g/mol. The summed E-state index contributed by atoms with van der Waals surface area (Å²) in [6.45, 7) is 0. The molecule has 0 aliphatic rings. The topological polar surface area (TPSA) is 66.8 Å². The van der Waals surface area contributed by atoms with Crippen LogP contribution in [0.3, 0.4) is 0 Å². The number of fused-ring (bicyclic) bond motifs is 1. The fourth-order valence-corrected chi connectivity index (χ4v) is 2.09. The van der Waals surface area contributed by atoms with Crippen LogP contribution in [0.4, 0.5) is 0 Å². The van der Waals surface area contributed by atoms with Crippen molar-refractivity contribution >= 4 is 16.7 Å². The Labute approximate surface area is 120 Å². The van der Waals surface area contributed by atoms with Gasteiger partial charge in [0.2, 0.25) is 0 Å². The van der Waals surface area contributed by atoms with E-state index in [0.29, 0.717) is 11.3 Å². The lowest BCUT2D eigenvalue weighted by molar-refractivity contribution is 0.0737. The van der Waals surface area contributed by atoms with Crippen LogP contribution in [0.1, 0.15) is 10.4 Å². The Morgan fingerprint density at radius 3 is 2.33 bits per heavy atom. The maximum Gasteiger partial charge on any atom is 0.343 e. The van der Waals surface area contributed by atoms with Gasteiger partial charge >= 0.3 is 5.97 Å². The lowest BCUT2D eigenvalue weighted by Crippen LogP contribution is -2.08. The van der Waals surface area contributed by atoms with Gasteiger partial charge < -0.3 is 14.9 Å². The average molecular weight is 280 g/mol. The third kappa shape index (κ3) is 2.65. The van der Waals surface area contributed by atoms with Crippen LogP contribution in [0.15, 0.2) is 60.7 Å². The van der Waals surface area contributed by atoms with Crippen LogP contribution in [-0.4, -0.2) is 16.2 Å². The number of phenolic OH excluding ortho intramolecular Hbond substituents is 2. The summed E-state index contributed by atoms with van der Waals surface area (Å²) >= 11 is 0. The highest BCUT2D eigenvalue weighted by atomic mass is 16.5. The van der Waals surface area contributed by atoms with Crippen LogP contribution < -0.4 is 4.74 Å². The van der Waals surface area contributed by atoms with E-state index in [1.165, 1.54) is 24.3 Å². The van der Waals surface area contributed by atoms with Crippen molar-refractivity contribution in [1.29, 1.82) is 0 Å². The summed E-state index contributed by atoms with van der Waals surface area (Å²) in [4.78, 5) is 12.1. The van der Waals surface area contributed by atoms with Gasteiger partial charge in [0.05, 0.1) is 5.56 Å². The van der Waals surface area contributed by atoms with Gasteiger partial charge in [-0.05, 0) is 53.9 Å². The third-order valence-electron chi connectivity index (χ3n) is 3.13. The Kier molecular flexibility index (Phi) is 3.20. The molecule has 0 aromatic heterocycles. The van der Waals surface area contributed by atoms with Crippen molar-refractivity contribution < 1.29 is 19.7 Å². The SMILES string of the molecule is O=C(Oc1cccc2cc(O)ccc12)c1ccc(O)cc1. The van der Waals surface area contributed by atoms with E-state index >= 15 is 0 Å². The van der Waals surface area contributed by atoms with Crippen LogP contribution in [-0.2, 0) is 0 Å². The minimum Gasteiger partial charge on any atom is -0.508 e. The standard InChI is InChI=1S/C17H12O4/c18-13-6-4-11(5-7-13)17(20)21-16-3-1-2-12-10-14(19)8-9-15(12)16/h1-10,18-19H. The lowest BCUT2D eigenvalue weighted by atomic mass is 10.1. The summed E-state index contributed by atoms with van der Waals surface area (Å²) < 4.78 is 5.39. The summed E-state index contributed by atoms with van der Waals surface area (Å²) in [5.74, 6) is 0.165. The Morgan fingerprint density at radius 1 is 0.857 bits per heavy atom. The van der Waals surface area contributed by atoms with E-state index in [0.717, 1.165) is 10.8 Å². The van der Waals surface area contributed by atoms with Gasteiger partial charge in [0.1, 0.15) is 17.2 Å². The number of carbonyl (C=O) groups is 1. The summed E-state index contributed by atoms with van der Waals surface area (Å²) in [5.41, 5.74) is 0.351. The fraction of sp³-hybridized carbons (Fsp3) is 0. The molecule has 0 aliphatic carbocycles. The fourth-order valence-electron chi connectivity index (χ4n) is 2.09. The molecule has 104 valence electrons. The number of hydrogen-bond donors (Lipinski definition) is 2. The molecule has 0 fully saturated rings.